The van der Waals surface area contributed by atoms with E-state index < -0.39 is 0 Å². The van der Waals surface area contributed by atoms with E-state index in [0.717, 1.165) is 19.5 Å². The molecular weight excluding hydrogens is 399 g/mol. The molecule has 3 aliphatic rings. The Morgan fingerprint density at radius 3 is 2.52 bits per heavy atom. The van der Waals surface area contributed by atoms with Gasteiger partial charge in [0.1, 0.15) is 0 Å². The van der Waals surface area contributed by atoms with E-state index in [2.05, 4.69) is 63.7 Å². The first-order valence-electron chi connectivity index (χ1n) is 8.91. The molecule has 3 fully saturated rings. The first-order valence-corrected chi connectivity index (χ1v) is 9.99. The van der Waals surface area contributed by atoms with Gasteiger partial charge >= 0.3 is 0 Å². The van der Waals surface area contributed by atoms with E-state index in [0.29, 0.717) is 23.9 Å². The number of piperidine rings is 1. The monoisotopic (exact) mass is 424 g/mol. The first kappa shape index (κ1) is 15.9. The first-order chi connectivity index (χ1) is 11.1. The Hall–Kier alpha value is -0.620. The molecule has 124 valence electrons. The lowest BCUT2D eigenvalue weighted by atomic mass is 9.75. The molecule has 3 nitrogen and oxygen atoms in total. The molecule has 0 aliphatic carbocycles. The highest BCUT2D eigenvalue weighted by molar-refractivity contribution is 14.1. The lowest BCUT2D eigenvalue weighted by Gasteiger charge is -2.43. The van der Waals surface area contributed by atoms with Crippen LogP contribution in [0, 0.1) is 9.49 Å². The molecule has 0 saturated carbocycles. The zero-order chi connectivity index (χ0) is 16.0. The summed E-state index contributed by atoms with van der Waals surface area (Å²) in [6, 6.07) is 9.97. The van der Waals surface area contributed by atoms with Crippen LogP contribution in [0.2, 0.25) is 0 Å². The van der Waals surface area contributed by atoms with Gasteiger partial charge in [0.15, 0.2) is 0 Å². The zero-order valence-corrected chi connectivity index (χ0v) is 15.9. The van der Waals surface area contributed by atoms with E-state index in [1.807, 2.05) is 0 Å². The summed E-state index contributed by atoms with van der Waals surface area (Å²) in [6.07, 6.45) is 5.93. The van der Waals surface area contributed by atoms with Crippen molar-refractivity contribution in [2.24, 2.45) is 5.92 Å². The topological polar surface area (TPSA) is 23.6 Å². The van der Waals surface area contributed by atoms with Crippen molar-refractivity contribution in [3.8, 4) is 0 Å². The molecule has 0 spiro atoms. The second kappa shape index (κ2) is 6.36. The van der Waals surface area contributed by atoms with Gasteiger partial charge in [-0.2, -0.15) is 0 Å². The number of hydrogen-bond acceptors (Lipinski definition) is 2. The number of benzene rings is 1. The molecule has 3 heterocycles. The van der Waals surface area contributed by atoms with Gasteiger partial charge in [0, 0.05) is 28.7 Å². The van der Waals surface area contributed by atoms with Gasteiger partial charge in [0.2, 0.25) is 5.91 Å². The van der Waals surface area contributed by atoms with Crippen LogP contribution in [-0.4, -0.2) is 47.9 Å². The summed E-state index contributed by atoms with van der Waals surface area (Å²) < 4.78 is 1.27. The molecule has 3 aliphatic heterocycles. The normalized spacial score (nSPS) is 34.1. The van der Waals surface area contributed by atoms with Crippen LogP contribution in [0.1, 0.15) is 43.6 Å². The molecule has 3 saturated heterocycles. The summed E-state index contributed by atoms with van der Waals surface area (Å²) in [5, 5.41) is 0. The highest BCUT2D eigenvalue weighted by atomic mass is 127. The highest BCUT2D eigenvalue weighted by Crippen LogP contribution is 2.47. The van der Waals surface area contributed by atoms with E-state index in [1.54, 1.807) is 0 Å². The van der Waals surface area contributed by atoms with Crippen LogP contribution in [-0.2, 0) is 4.79 Å². The molecule has 4 rings (SSSR count). The molecule has 0 N–H and O–H groups in total. The third-order valence-corrected chi connectivity index (χ3v) is 6.99. The standard InChI is InChI=1S/C19H25IN2O/c1-21-15-8-9-17(21)18(19(23)22-10-2-3-11-22)16(12-15)13-4-6-14(20)7-5-13/h4-7,15-18H,2-3,8-12H2,1H3. The number of hydrogen-bond donors (Lipinski definition) is 0. The maximum absolute atomic E-state index is 13.3. The van der Waals surface area contributed by atoms with Gasteiger partial charge in [-0.25, -0.2) is 0 Å². The third kappa shape index (κ3) is 2.82. The maximum atomic E-state index is 13.3. The summed E-state index contributed by atoms with van der Waals surface area (Å²) >= 11 is 2.36. The van der Waals surface area contributed by atoms with Gasteiger partial charge in [-0.15, -0.1) is 0 Å². The lowest BCUT2D eigenvalue weighted by molar-refractivity contribution is -0.139. The molecular formula is C19H25IN2O. The number of carbonyl (C=O) groups excluding carboxylic acids is 1. The van der Waals surface area contributed by atoms with Crippen LogP contribution in [0.15, 0.2) is 24.3 Å². The second-order valence-corrected chi connectivity index (χ2v) is 8.66. The molecule has 2 bridgehead atoms. The summed E-state index contributed by atoms with van der Waals surface area (Å²) in [5.74, 6) is 0.967. The SMILES string of the molecule is CN1C2CCC1C(C(=O)N1CCCC1)C(c1ccc(I)cc1)C2. The number of halogens is 1. The van der Waals surface area contributed by atoms with Crippen LogP contribution < -0.4 is 0 Å². The predicted molar refractivity (Wildman–Crippen MR) is 100 cm³/mol. The fourth-order valence-corrected chi connectivity index (χ4v) is 5.36. The van der Waals surface area contributed by atoms with Crippen molar-refractivity contribution in [1.82, 2.24) is 9.80 Å². The highest BCUT2D eigenvalue weighted by Gasteiger charge is 2.50. The molecule has 1 amide bonds. The van der Waals surface area contributed by atoms with E-state index in [9.17, 15) is 4.79 Å². The Morgan fingerprint density at radius 2 is 1.83 bits per heavy atom. The fourth-order valence-electron chi connectivity index (χ4n) is 5.00. The minimum absolute atomic E-state index is 0.150. The van der Waals surface area contributed by atoms with E-state index in [-0.39, 0.29) is 5.92 Å². The van der Waals surface area contributed by atoms with Crippen LogP contribution in [0.5, 0.6) is 0 Å². The van der Waals surface area contributed by atoms with Gasteiger partial charge in [0.05, 0.1) is 5.92 Å². The van der Waals surface area contributed by atoms with Gasteiger partial charge < -0.3 is 4.90 Å². The quantitative estimate of drug-likeness (QED) is 0.679. The van der Waals surface area contributed by atoms with Gasteiger partial charge in [0.25, 0.3) is 0 Å². The Bertz CT molecular complexity index is 582. The van der Waals surface area contributed by atoms with Crippen molar-refractivity contribution < 1.29 is 4.79 Å². The number of rotatable bonds is 2. The molecule has 4 unspecified atom stereocenters. The van der Waals surface area contributed by atoms with Crippen molar-refractivity contribution in [3.05, 3.63) is 33.4 Å². The van der Waals surface area contributed by atoms with Gasteiger partial charge in [-0.05, 0) is 85.4 Å². The summed E-state index contributed by atoms with van der Waals surface area (Å²) in [6.45, 7) is 1.93. The number of nitrogens with zero attached hydrogens (tertiary/aromatic N) is 2. The van der Waals surface area contributed by atoms with E-state index in [1.165, 1.54) is 34.8 Å². The Morgan fingerprint density at radius 1 is 1.13 bits per heavy atom. The average Bonchev–Trinajstić information content (AvgIpc) is 3.15. The van der Waals surface area contributed by atoms with Crippen molar-refractivity contribution in [2.75, 3.05) is 20.1 Å². The van der Waals surface area contributed by atoms with Crippen molar-refractivity contribution >= 4 is 28.5 Å². The van der Waals surface area contributed by atoms with Crippen LogP contribution in [0.25, 0.3) is 0 Å². The minimum Gasteiger partial charge on any atom is -0.342 e. The Kier molecular flexibility index (Phi) is 4.39. The maximum Gasteiger partial charge on any atom is 0.227 e. The van der Waals surface area contributed by atoms with E-state index >= 15 is 0 Å². The number of amides is 1. The van der Waals surface area contributed by atoms with Crippen LogP contribution in [0.3, 0.4) is 0 Å². The summed E-state index contributed by atoms with van der Waals surface area (Å²) in [5.41, 5.74) is 1.37. The average molecular weight is 424 g/mol. The molecule has 1 aromatic rings. The Balaban J connectivity index is 1.67. The van der Waals surface area contributed by atoms with Crippen molar-refractivity contribution in [3.63, 3.8) is 0 Å². The van der Waals surface area contributed by atoms with Crippen LogP contribution in [0.4, 0.5) is 0 Å². The van der Waals surface area contributed by atoms with Crippen molar-refractivity contribution in [1.29, 1.82) is 0 Å². The summed E-state index contributed by atoms with van der Waals surface area (Å²) in [7, 11) is 2.23. The summed E-state index contributed by atoms with van der Waals surface area (Å²) in [4.78, 5) is 17.9. The molecule has 4 heteroatoms. The number of carbonyl (C=O) groups is 1. The zero-order valence-electron chi connectivity index (χ0n) is 13.7. The molecule has 23 heavy (non-hydrogen) atoms. The van der Waals surface area contributed by atoms with E-state index in [4.69, 9.17) is 0 Å². The number of fused-ring (bicyclic) bond motifs is 2. The second-order valence-electron chi connectivity index (χ2n) is 7.42. The third-order valence-electron chi connectivity index (χ3n) is 6.27. The van der Waals surface area contributed by atoms with Gasteiger partial charge in [-0.3, -0.25) is 9.69 Å². The fraction of sp³-hybridized carbons (Fsp3) is 0.632. The van der Waals surface area contributed by atoms with Gasteiger partial charge in [-0.1, -0.05) is 12.1 Å². The largest absolute Gasteiger partial charge is 0.342 e. The smallest absolute Gasteiger partial charge is 0.227 e. The minimum atomic E-state index is 0.150. The lowest BCUT2D eigenvalue weighted by Crippen LogP contribution is -2.52. The van der Waals surface area contributed by atoms with Crippen molar-refractivity contribution in [2.45, 2.75) is 50.1 Å². The Labute approximate surface area is 152 Å². The molecule has 0 radical (unpaired) electrons. The molecule has 1 aromatic carbocycles. The molecule has 0 aromatic heterocycles. The molecule has 4 atom stereocenters. The van der Waals surface area contributed by atoms with Crippen LogP contribution >= 0.6 is 22.6 Å². The number of likely N-dealkylation sites (tertiary alicyclic amines) is 1. The predicted octanol–water partition coefficient (Wildman–Crippen LogP) is 3.48.